The molecule has 2 rings (SSSR count). The van der Waals surface area contributed by atoms with Crippen LogP contribution in [0.4, 0.5) is 0 Å². The molecule has 1 radical (unpaired) electrons. The zero-order chi connectivity index (χ0) is 16.3. The molecule has 5 nitrogen and oxygen atoms in total. The maximum atomic E-state index is 11.3. The average Bonchev–Trinajstić information content (AvgIpc) is 2.48. The molecule has 0 atom stereocenters. The van der Waals surface area contributed by atoms with Gasteiger partial charge in [-0.05, 0) is 55.8 Å². The van der Waals surface area contributed by atoms with Crippen LogP contribution in [0.25, 0.3) is 0 Å². The van der Waals surface area contributed by atoms with E-state index >= 15 is 0 Å². The molecule has 0 heterocycles. The lowest BCUT2D eigenvalue weighted by atomic mass is 10.1. The van der Waals surface area contributed by atoms with Gasteiger partial charge in [0.15, 0.2) is 16.5 Å². The van der Waals surface area contributed by atoms with E-state index in [1.165, 1.54) is 25.1 Å². The van der Waals surface area contributed by atoms with E-state index in [1.54, 1.807) is 19.1 Å². The molecule has 0 spiro atoms. The van der Waals surface area contributed by atoms with E-state index in [2.05, 4.69) is 6.07 Å². The summed E-state index contributed by atoms with van der Waals surface area (Å²) in [6.07, 6.45) is 0. The van der Waals surface area contributed by atoms with Crippen molar-refractivity contribution in [1.29, 1.82) is 0 Å². The Morgan fingerprint density at radius 1 is 1.32 bits per heavy atom. The third-order valence-electron chi connectivity index (χ3n) is 3.20. The number of ether oxygens (including phenoxy) is 1. The molecule has 0 aliphatic heterocycles. The van der Waals surface area contributed by atoms with Crippen molar-refractivity contribution in [3.63, 3.8) is 0 Å². The molecular weight excluding hydrogens is 304 g/mol. The van der Waals surface area contributed by atoms with Crippen molar-refractivity contribution in [3.8, 4) is 11.5 Å². The van der Waals surface area contributed by atoms with Crippen molar-refractivity contribution in [2.75, 3.05) is 0 Å². The topological polar surface area (TPSA) is 80.7 Å². The van der Waals surface area contributed by atoms with Gasteiger partial charge in [-0.1, -0.05) is 0 Å². The average molecular weight is 319 g/mol. The van der Waals surface area contributed by atoms with Gasteiger partial charge in [-0.3, -0.25) is 4.79 Å². The number of rotatable bonds is 5. The van der Waals surface area contributed by atoms with Crippen molar-refractivity contribution >= 4 is 16.5 Å². The molecule has 6 heteroatoms. The first-order chi connectivity index (χ1) is 10.4. The Balaban J connectivity index is 2.20. The summed E-state index contributed by atoms with van der Waals surface area (Å²) in [5.41, 5.74) is 1.34. The lowest BCUT2D eigenvalue weighted by Crippen LogP contribution is -2.00. The molecule has 0 amide bonds. The molecule has 0 saturated heterocycles. The molecular formula is C16H15O5S. The summed E-state index contributed by atoms with van der Waals surface area (Å²) < 4.78 is 27.5. The molecule has 0 bridgehead atoms. The highest BCUT2D eigenvalue weighted by Gasteiger charge is 2.13. The summed E-state index contributed by atoms with van der Waals surface area (Å²) in [6.45, 7) is 3.15. The minimum absolute atomic E-state index is 0.104. The van der Waals surface area contributed by atoms with Gasteiger partial charge in [0, 0.05) is 5.56 Å². The molecule has 115 valence electrons. The van der Waals surface area contributed by atoms with Crippen LogP contribution < -0.4 is 4.74 Å². The third kappa shape index (κ3) is 3.46. The Morgan fingerprint density at radius 3 is 2.68 bits per heavy atom. The molecule has 2 aromatic rings. The Hall–Kier alpha value is -2.34. The van der Waals surface area contributed by atoms with Gasteiger partial charge in [0.25, 0.3) is 0 Å². The first-order valence-electron chi connectivity index (χ1n) is 6.51. The molecule has 1 N–H and O–H groups in total. The van der Waals surface area contributed by atoms with E-state index in [4.69, 9.17) is 4.74 Å². The van der Waals surface area contributed by atoms with Crippen LogP contribution in [-0.2, 0) is 17.3 Å². The number of aromatic hydroxyl groups is 1. The second-order valence-corrected chi connectivity index (χ2v) is 5.82. The van der Waals surface area contributed by atoms with Gasteiger partial charge in [-0.2, -0.15) is 0 Å². The number of benzene rings is 2. The van der Waals surface area contributed by atoms with Crippen molar-refractivity contribution in [2.45, 2.75) is 25.3 Å². The van der Waals surface area contributed by atoms with Gasteiger partial charge in [0.1, 0.15) is 18.1 Å². The number of Topliss-reactive ketones (excluding diaryl/α,β-unsaturated/α-hetero) is 1. The number of hydrogen-bond donors (Lipinski definition) is 2. The number of ketones is 1. The van der Waals surface area contributed by atoms with Gasteiger partial charge in [0.05, 0.1) is 10.5 Å². The fourth-order valence-electron chi connectivity index (χ4n) is 1.98. The second kappa shape index (κ2) is 6.62. The van der Waals surface area contributed by atoms with Crippen LogP contribution in [-0.4, -0.2) is 19.3 Å². The van der Waals surface area contributed by atoms with Crippen molar-refractivity contribution in [2.24, 2.45) is 0 Å². The maximum Gasteiger partial charge on any atom is 0.168 e. The van der Waals surface area contributed by atoms with Gasteiger partial charge in [-0.25, -0.2) is 8.42 Å². The summed E-state index contributed by atoms with van der Waals surface area (Å²) in [7, 11) is -2.66. The van der Waals surface area contributed by atoms with E-state index in [0.717, 1.165) is 0 Å². The summed E-state index contributed by atoms with van der Waals surface area (Å²) in [5.74, 6) is 0.0982. The zero-order valence-electron chi connectivity index (χ0n) is 12.1. The summed E-state index contributed by atoms with van der Waals surface area (Å²) in [4.78, 5) is 11.5. The molecule has 22 heavy (non-hydrogen) atoms. The number of hydrogen-bond acceptors (Lipinski definition) is 5. The van der Waals surface area contributed by atoms with Gasteiger partial charge < -0.3 is 9.84 Å². The lowest BCUT2D eigenvalue weighted by molar-refractivity contribution is 0.101. The highest BCUT2D eigenvalue weighted by atomic mass is 32.2. The standard InChI is InChI=1S/C16H15O5S/c1-10-15(7-6-14(11(2)17)16(10)18)21-9-12-4-3-5-13(8-12)22(19)20/h4-8,18,22H,9H2,1-2H3. The fraction of sp³-hybridized carbons (Fsp3) is 0.188. The predicted octanol–water partition coefficient (Wildman–Crippen LogP) is 2.25. The fourth-order valence-corrected chi connectivity index (χ4v) is 2.43. The van der Waals surface area contributed by atoms with E-state index in [1.807, 2.05) is 0 Å². The molecule has 0 saturated carbocycles. The Morgan fingerprint density at radius 2 is 2.05 bits per heavy atom. The largest absolute Gasteiger partial charge is 0.507 e. The Kier molecular flexibility index (Phi) is 4.82. The summed E-state index contributed by atoms with van der Waals surface area (Å²) in [6, 6.07) is 10.4. The number of phenols is 1. The first-order valence-corrected chi connectivity index (χ1v) is 7.68. The minimum Gasteiger partial charge on any atom is -0.507 e. The normalized spacial score (nSPS) is 10.7. The van der Waals surface area contributed by atoms with Crippen LogP contribution in [0.15, 0.2) is 35.2 Å². The molecule has 0 aliphatic carbocycles. The van der Waals surface area contributed by atoms with Crippen LogP contribution in [0, 0.1) is 13.0 Å². The van der Waals surface area contributed by atoms with Crippen molar-refractivity contribution in [3.05, 3.63) is 53.1 Å². The Bertz CT molecular complexity index is 785. The monoisotopic (exact) mass is 319 g/mol. The van der Waals surface area contributed by atoms with Crippen LogP contribution in [0.5, 0.6) is 11.5 Å². The molecule has 0 fully saturated rings. The van der Waals surface area contributed by atoms with E-state index in [0.29, 0.717) is 16.9 Å². The van der Waals surface area contributed by atoms with Crippen LogP contribution in [0.2, 0.25) is 0 Å². The summed E-state index contributed by atoms with van der Waals surface area (Å²) >= 11 is 0. The molecule has 0 aliphatic rings. The number of thiol groups is 1. The predicted molar refractivity (Wildman–Crippen MR) is 81.0 cm³/mol. The lowest BCUT2D eigenvalue weighted by Gasteiger charge is -2.12. The van der Waals surface area contributed by atoms with Crippen molar-refractivity contribution in [1.82, 2.24) is 0 Å². The van der Waals surface area contributed by atoms with Crippen LogP contribution in [0.1, 0.15) is 28.4 Å². The van der Waals surface area contributed by atoms with E-state index in [-0.39, 0.29) is 28.6 Å². The number of carbonyl (C=O) groups is 1. The van der Waals surface area contributed by atoms with Crippen LogP contribution in [0.3, 0.4) is 0 Å². The minimum atomic E-state index is -2.66. The van der Waals surface area contributed by atoms with Gasteiger partial charge in [-0.15, -0.1) is 0 Å². The SMILES string of the molecule is CC(=O)c1ccc(OCc2c[c]cc([SH](=O)=O)c2)c(C)c1O. The van der Waals surface area contributed by atoms with Gasteiger partial charge in [0.2, 0.25) is 0 Å². The molecule has 2 aromatic carbocycles. The van der Waals surface area contributed by atoms with E-state index in [9.17, 15) is 18.3 Å². The zero-order valence-corrected chi connectivity index (χ0v) is 13.0. The Labute approximate surface area is 130 Å². The maximum absolute atomic E-state index is 11.3. The quantitative estimate of drug-likeness (QED) is 0.652. The number of phenolic OH excluding ortho intramolecular Hbond substituents is 1. The van der Waals surface area contributed by atoms with Crippen LogP contribution >= 0.6 is 0 Å². The molecule has 0 aromatic heterocycles. The summed E-state index contributed by atoms with van der Waals surface area (Å²) in [5, 5.41) is 9.98. The highest BCUT2D eigenvalue weighted by Crippen LogP contribution is 2.31. The first kappa shape index (κ1) is 16.0. The van der Waals surface area contributed by atoms with Gasteiger partial charge >= 0.3 is 0 Å². The smallest absolute Gasteiger partial charge is 0.168 e. The van der Waals surface area contributed by atoms with E-state index < -0.39 is 10.7 Å². The highest BCUT2D eigenvalue weighted by molar-refractivity contribution is 7.72. The molecule has 0 unspecified atom stereocenters. The third-order valence-corrected chi connectivity index (χ3v) is 3.88. The number of carbonyl (C=O) groups excluding carboxylic acids is 1. The van der Waals surface area contributed by atoms with Crippen molar-refractivity contribution < 1.29 is 23.1 Å². The second-order valence-electron chi connectivity index (χ2n) is 4.79.